The lowest BCUT2D eigenvalue weighted by molar-refractivity contribution is -0.145. The van der Waals surface area contributed by atoms with Crippen LogP contribution in [-0.4, -0.2) is 141 Å². The molecule has 3 aromatic heterocycles. The van der Waals surface area contributed by atoms with Gasteiger partial charge < -0.3 is 45.8 Å². The van der Waals surface area contributed by atoms with Crippen LogP contribution in [0.3, 0.4) is 0 Å². The third-order valence-electron chi connectivity index (χ3n) is 15.1. The van der Waals surface area contributed by atoms with E-state index >= 15 is 0 Å². The summed E-state index contributed by atoms with van der Waals surface area (Å²) in [5.41, 5.74) is 7.72. The van der Waals surface area contributed by atoms with Crippen molar-refractivity contribution in [2.45, 2.75) is 132 Å². The fraction of sp³-hybridized carbons (Fsp3) is 0.577. The quantitative estimate of drug-likeness (QED) is 0.0988. The van der Waals surface area contributed by atoms with E-state index in [0.717, 1.165) is 57.8 Å². The molecule has 0 unspecified atom stereocenters. The van der Waals surface area contributed by atoms with Crippen molar-refractivity contribution in [2.75, 3.05) is 62.2 Å². The number of benzene rings is 1. The number of nitrogens with two attached hydrogens (primary N) is 1. The second-order valence-electron chi connectivity index (χ2n) is 21.9. The van der Waals surface area contributed by atoms with Crippen LogP contribution < -0.4 is 30.9 Å². The number of anilines is 2. The van der Waals surface area contributed by atoms with Gasteiger partial charge in [0.25, 0.3) is 5.91 Å². The third-order valence-corrected chi connectivity index (χ3v) is 17.6. The minimum absolute atomic E-state index is 0.0137. The van der Waals surface area contributed by atoms with Crippen molar-refractivity contribution >= 4 is 70.0 Å². The van der Waals surface area contributed by atoms with Gasteiger partial charge >= 0.3 is 0 Å². The van der Waals surface area contributed by atoms with Crippen LogP contribution in [0.1, 0.15) is 90.3 Å². The highest BCUT2D eigenvalue weighted by atomic mass is 35.5. The molecule has 7 heterocycles. The zero-order chi connectivity index (χ0) is 51.8. The molecule has 0 radical (unpaired) electrons. The van der Waals surface area contributed by atoms with E-state index in [-0.39, 0.29) is 55.7 Å². The summed E-state index contributed by atoms with van der Waals surface area (Å²) in [6.07, 6.45) is 8.14. The predicted octanol–water partition coefficient (Wildman–Crippen LogP) is 6.18. The third kappa shape index (κ3) is 12.0. The maximum absolute atomic E-state index is 14.7. The van der Waals surface area contributed by atoms with Gasteiger partial charge in [-0.25, -0.2) is 24.3 Å². The number of aromatic nitrogens is 4. The Bertz CT molecular complexity index is 2660. The number of thiazole rings is 1. The highest BCUT2D eigenvalue weighted by Crippen LogP contribution is 2.42. The Labute approximate surface area is 439 Å². The van der Waals surface area contributed by atoms with Gasteiger partial charge in [0.1, 0.15) is 40.6 Å². The molecule has 1 aromatic carbocycles. The molecule has 0 bridgehead atoms. The minimum atomic E-state index is -1.98. The number of likely N-dealkylation sites (tertiary alicyclic amines) is 2. The highest BCUT2D eigenvalue weighted by Gasteiger charge is 2.53. The summed E-state index contributed by atoms with van der Waals surface area (Å²) < 4.78 is 21.4. The molecule has 5 N–H and O–H groups in total. The number of aliphatic hydroxyl groups is 1. The molecule has 17 nitrogen and oxygen atoms in total. The van der Waals surface area contributed by atoms with E-state index in [0.29, 0.717) is 74.1 Å². The first-order chi connectivity index (χ1) is 34.8. The number of β-amino-alcohol motifs (C(OH)–C–C–N with tert-alkyl or cyclic N) is 1. The molecule has 4 aromatic rings. The van der Waals surface area contributed by atoms with Gasteiger partial charge in [0.15, 0.2) is 5.67 Å². The molecule has 9 rings (SSSR count). The Balaban J connectivity index is 0.773. The predicted molar refractivity (Wildman–Crippen MR) is 279 cm³/mol. The average molecular weight is 1060 g/mol. The van der Waals surface area contributed by atoms with E-state index < -0.39 is 47.0 Å². The van der Waals surface area contributed by atoms with Gasteiger partial charge in [-0.1, -0.05) is 63.2 Å². The topological polar surface area (TPSA) is 212 Å². The van der Waals surface area contributed by atoms with E-state index in [4.69, 9.17) is 27.1 Å². The van der Waals surface area contributed by atoms with Crippen molar-refractivity contribution in [3.63, 3.8) is 0 Å². The van der Waals surface area contributed by atoms with Gasteiger partial charge in [0.2, 0.25) is 17.7 Å². The maximum Gasteiger partial charge on any atom is 0.258 e. The van der Waals surface area contributed by atoms with E-state index in [1.54, 1.807) is 38.7 Å². The van der Waals surface area contributed by atoms with Crippen LogP contribution in [0.5, 0.6) is 5.75 Å². The first-order valence-corrected chi connectivity index (χ1v) is 27.5. The number of aliphatic hydroxyl groups excluding tert-OH is 1. The zero-order valence-corrected chi connectivity index (χ0v) is 44.6. The molecule has 392 valence electrons. The van der Waals surface area contributed by atoms with Gasteiger partial charge in [-0.15, -0.1) is 11.3 Å². The van der Waals surface area contributed by atoms with Crippen LogP contribution in [0.15, 0.2) is 58.3 Å². The van der Waals surface area contributed by atoms with Crippen LogP contribution in [0.4, 0.5) is 16.0 Å². The number of halogens is 2. The smallest absolute Gasteiger partial charge is 0.258 e. The summed E-state index contributed by atoms with van der Waals surface area (Å²) in [5, 5.41) is 17.6. The van der Waals surface area contributed by atoms with Crippen molar-refractivity contribution in [1.29, 1.82) is 0 Å². The Morgan fingerprint density at radius 3 is 2.38 bits per heavy atom. The number of hydrogen-bond donors (Lipinski definition) is 4. The molecule has 73 heavy (non-hydrogen) atoms. The van der Waals surface area contributed by atoms with Gasteiger partial charge in [-0.05, 0) is 67.7 Å². The summed E-state index contributed by atoms with van der Waals surface area (Å²) in [5.74, 6) is 0.559. The molecule has 0 spiro atoms. The molecule has 4 aliphatic heterocycles. The molecular formula is C52H67ClFN11O6S2. The average Bonchev–Trinajstić information content (AvgIpc) is 3.77. The lowest BCUT2D eigenvalue weighted by atomic mass is 9.80. The standard InChI is InChI=1S/C52H67ClFN11O6S2/c1-31-44(72-30-60-31)33-6-7-34(23-59-47(68)37-22-35(66)28-65(37)48(69)45(50(2,3)4)61-49(70)52(54)11-12-52)38(21-33)71-36-9-16-63(17-10-36)42(67)20-32-26-64(27-32)46-43(53)39(8-15-56-46)73-41-25-57-40(24-58-41)62-18-13-51(5,29-55)14-19-62/h6-8,15,21,24-25,30,32,35-37,45,66H,9-14,16-20,22-23,26-29,55H2,1-5H3,(H,59,68)(H,61,70)/t35-,37+,45-/m1/s1. The van der Waals surface area contributed by atoms with E-state index in [1.807, 2.05) is 42.3 Å². The summed E-state index contributed by atoms with van der Waals surface area (Å²) >= 11 is 9.91. The Hall–Kier alpha value is -5.15. The van der Waals surface area contributed by atoms with Crippen LogP contribution >= 0.6 is 34.7 Å². The van der Waals surface area contributed by atoms with Crippen molar-refractivity contribution in [3.8, 4) is 16.2 Å². The highest BCUT2D eigenvalue weighted by molar-refractivity contribution is 7.99. The number of amides is 4. The number of hydrogen-bond acceptors (Lipinski definition) is 15. The molecule has 3 atom stereocenters. The van der Waals surface area contributed by atoms with E-state index in [2.05, 4.69) is 42.3 Å². The number of nitrogens with one attached hydrogen (secondary N) is 2. The first-order valence-electron chi connectivity index (χ1n) is 25.4. The molecule has 21 heteroatoms. The van der Waals surface area contributed by atoms with Crippen molar-refractivity contribution in [1.82, 2.24) is 40.4 Å². The lowest BCUT2D eigenvalue weighted by Crippen LogP contribution is -2.59. The molecule has 1 saturated carbocycles. The van der Waals surface area contributed by atoms with Gasteiger partial charge in [0.05, 0.1) is 39.6 Å². The number of rotatable bonds is 16. The largest absolute Gasteiger partial charge is 0.490 e. The summed E-state index contributed by atoms with van der Waals surface area (Å²) in [6, 6.07) is 5.60. The second kappa shape index (κ2) is 21.6. The minimum Gasteiger partial charge on any atom is -0.490 e. The second-order valence-corrected chi connectivity index (χ2v) is 24.2. The number of aryl methyl sites for hydroxylation is 1. The zero-order valence-electron chi connectivity index (χ0n) is 42.2. The SMILES string of the molecule is Cc1ncsc1-c1ccc(CNC(=O)[C@@H]2C[C@@H](O)CN2C(=O)[C@@H](NC(=O)C2(F)CC2)C(C)(C)C)c(OC2CCN(C(=O)CC3CN(c4nccc(Sc5cnc(N6CCC(C)(CN)CC6)cn5)c4Cl)C3)CC2)c1. The molecule has 5 aliphatic rings. The van der Waals surface area contributed by atoms with Gasteiger partial charge in [0, 0.05) is 101 Å². The Kier molecular flexibility index (Phi) is 15.6. The van der Waals surface area contributed by atoms with Crippen LogP contribution in [-0.2, 0) is 25.7 Å². The first kappa shape index (κ1) is 52.7. The fourth-order valence-electron chi connectivity index (χ4n) is 10.0. The fourth-order valence-corrected chi connectivity index (χ4v) is 11.9. The number of carbonyl (C=O) groups is 4. The monoisotopic (exact) mass is 1060 g/mol. The van der Waals surface area contributed by atoms with E-state index in [9.17, 15) is 28.7 Å². The summed E-state index contributed by atoms with van der Waals surface area (Å²) in [7, 11) is 0. The maximum atomic E-state index is 14.7. The van der Waals surface area contributed by atoms with Crippen LogP contribution in [0.25, 0.3) is 10.4 Å². The summed E-state index contributed by atoms with van der Waals surface area (Å²) in [4.78, 5) is 82.2. The molecule has 4 amide bonds. The molecular weight excluding hydrogens is 993 g/mol. The number of pyridine rings is 1. The van der Waals surface area contributed by atoms with Crippen molar-refractivity contribution in [3.05, 3.63) is 64.6 Å². The van der Waals surface area contributed by atoms with Gasteiger partial charge in [-0.3, -0.25) is 19.2 Å². The molecule has 5 fully saturated rings. The molecule has 4 saturated heterocycles. The van der Waals surface area contributed by atoms with Crippen molar-refractivity contribution in [2.24, 2.45) is 22.5 Å². The Morgan fingerprint density at radius 2 is 1.74 bits per heavy atom. The number of nitrogens with zero attached hydrogens (tertiary/aromatic N) is 8. The van der Waals surface area contributed by atoms with E-state index in [1.165, 1.54) is 28.0 Å². The van der Waals surface area contributed by atoms with Crippen molar-refractivity contribution < 1.29 is 33.4 Å². The van der Waals surface area contributed by atoms with Gasteiger partial charge in [-0.2, -0.15) is 0 Å². The number of alkyl halides is 1. The lowest BCUT2D eigenvalue weighted by Gasteiger charge is -2.41. The number of ether oxygens (including phenoxy) is 1. The number of carbonyl (C=O) groups excluding carboxylic acids is 4. The Morgan fingerprint density at radius 1 is 1.00 bits per heavy atom. The summed E-state index contributed by atoms with van der Waals surface area (Å²) in [6.45, 7) is 14.4. The molecule has 1 aliphatic carbocycles. The van der Waals surface area contributed by atoms with Crippen LogP contribution in [0.2, 0.25) is 5.02 Å². The number of piperidine rings is 2. The van der Waals surface area contributed by atoms with Crippen LogP contribution in [0, 0.1) is 23.7 Å². The normalized spacial score (nSPS) is 21.4.